The van der Waals surface area contributed by atoms with Crippen LogP contribution < -0.4 is 19.9 Å². The van der Waals surface area contributed by atoms with Crippen molar-refractivity contribution < 1.29 is 33.5 Å². The number of nitrogens with two attached hydrogens (primary N) is 1. The molecule has 410 valence electrons. The normalized spacial score (nSPS) is 10.5. The molecule has 0 saturated heterocycles. The van der Waals surface area contributed by atoms with E-state index in [1.807, 2.05) is 140 Å². The number of aromatic amines is 1. The van der Waals surface area contributed by atoms with Gasteiger partial charge < -0.3 is 24.9 Å². The Bertz CT molecular complexity index is 4420. The van der Waals surface area contributed by atoms with Crippen LogP contribution in [0.3, 0.4) is 0 Å². The number of H-pyrrole nitrogens is 1. The third kappa shape index (κ3) is 13.4. The molecule has 0 spiro atoms. The number of hydrogen-bond donors (Lipinski definition) is 2. The van der Waals surface area contributed by atoms with Crippen molar-refractivity contribution in [1.29, 1.82) is 0 Å². The van der Waals surface area contributed by atoms with E-state index in [4.69, 9.17) is 41.5 Å². The number of hydrogen-bond acceptors (Lipinski definition) is 11. The smallest absolute Gasteiger partial charge is 0.295 e. The Morgan fingerprint density at radius 1 is 0.542 bits per heavy atom. The standard InChI is InChI=1S/C25H18N2O2.C18H14N2O.C11H8O.C7H5ClO.C7H8N2O3/c1-29-19-14-15-23-22(16-19)26-24(27(23)25(28)18-9-3-2-4-10-18)21-13-7-11-17-8-5-6-12-20(17)21;1-21-13-9-10-16-17(11-13)20-18(19-16)15-8-4-6-12-5-2-3-7-14(12)15;12-8-10-6-3-5-9-4-1-2-7-11(9)10;8-7(9)6-4-2-1-3-5-6;1-12-5-2-3-6(8)7(4-5)9(10)11/h2-16H,1H3;2-11H,1H3,(H,19,20);1-8H;1-5H;2-4H,8H2,1H3. The van der Waals surface area contributed by atoms with Gasteiger partial charge in [-0.15, -0.1) is 0 Å². The van der Waals surface area contributed by atoms with Crippen LogP contribution in [-0.4, -0.2) is 63.2 Å². The highest BCUT2D eigenvalue weighted by molar-refractivity contribution is 6.67. The number of carbonyl (C=O) groups excluding carboxylic acids is 3. The van der Waals surface area contributed by atoms with E-state index in [9.17, 15) is 24.5 Å². The average Bonchev–Trinajstić information content (AvgIpc) is 4.23. The van der Waals surface area contributed by atoms with E-state index in [1.54, 1.807) is 49.1 Å². The highest BCUT2D eigenvalue weighted by Gasteiger charge is 2.21. The third-order valence-electron chi connectivity index (χ3n) is 13.2. The predicted octanol–water partition coefficient (Wildman–Crippen LogP) is 15.8. The van der Waals surface area contributed by atoms with Gasteiger partial charge in [0.15, 0.2) is 6.29 Å². The maximum atomic E-state index is 13.5. The molecule has 15 heteroatoms. The summed E-state index contributed by atoms with van der Waals surface area (Å²) in [6.07, 6.45) is 0.891. The minimum Gasteiger partial charge on any atom is -0.497 e. The summed E-state index contributed by atoms with van der Waals surface area (Å²) in [7, 11) is 4.73. The maximum Gasteiger partial charge on any atom is 0.295 e. The first kappa shape index (κ1) is 56.7. The first-order valence-electron chi connectivity index (χ1n) is 25.9. The van der Waals surface area contributed by atoms with Crippen molar-refractivity contribution in [2.75, 3.05) is 27.1 Å². The molecule has 0 atom stereocenters. The number of nitro benzene ring substituents is 1. The Morgan fingerprint density at radius 3 is 1.63 bits per heavy atom. The molecular weight excluding hydrogens is 1060 g/mol. The first-order chi connectivity index (χ1) is 40.5. The van der Waals surface area contributed by atoms with Crippen molar-refractivity contribution in [3.05, 3.63) is 269 Å². The molecule has 0 aliphatic heterocycles. The number of imidazole rings is 2. The van der Waals surface area contributed by atoms with Gasteiger partial charge in [0.1, 0.15) is 34.6 Å². The van der Waals surface area contributed by atoms with Gasteiger partial charge in [-0.3, -0.25) is 29.1 Å². The molecule has 0 radical (unpaired) electrons. The number of nitrogens with zero attached hydrogens (tertiary/aromatic N) is 4. The number of anilines is 1. The Kier molecular flexibility index (Phi) is 18.3. The van der Waals surface area contributed by atoms with Gasteiger partial charge in [0.2, 0.25) is 0 Å². The van der Waals surface area contributed by atoms with Gasteiger partial charge in [-0.2, -0.15) is 0 Å². The molecule has 2 aromatic heterocycles. The summed E-state index contributed by atoms with van der Waals surface area (Å²) in [5, 5.41) is 16.7. The third-order valence-corrected chi connectivity index (χ3v) is 13.5. The molecule has 0 aliphatic carbocycles. The molecule has 0 bridgehead atoms. The molecule has 13 aromatic rings. The summed E-state index contributed by atoms with van der Waals surface area (Å²) >= 11 is 5.16. The second-order valence-corrected chi connectivity index (χ2v) is 18.7. The number of halogens is 1. The van der Waals surface area contributed by atoms with Crippen molar-refractivity contribution >= 4 is 94.8 Å². The molecule has 14 nitrogen and oxygen atoms in total. The summed E-state index contributed by atoms with van der Waals surface area (Å²) in [4.78, 5) is 57.3. The zero-order valence-electron chi connectivity index (χ0n) is 45.2. The lowest BCUT2D eigenvalue weighted by atomic mass is 10.0. The first-order valence-corrected chi connectivity index (χ1v) is 26.3. The van der Waals surface area contributed by atoms with Gasteiger partial charge in [0, 0.05) is 39.9 Å². The molecule has 2 heterocycles. The number of aldehydes is 1. The fourth-order valence-corrected chi connectivity index (χ4v) is 9.24. The second kappa shape index (κ2) is 26.8. The lowest BCUT2D eigenvalue weighted by Gasteiger charge is -2.10. The summed E-state index contributed by atoms with van der Waals surface area (Å²) in [5.74, 6) is 3.36. The highest BCUT2D eigenvalue weighted by Crippen LogP contribution is 2.34. The number of aromatic nitrogens is 4. The van der Waals surface area contributed by atoms with Gasteiger partial charge in [-0.25, -0.2) is 9.97 Å². The fourth-order valence-electron chi connectivity index (χ4n) is 9.11. The maximum absolute atomic E-state index is 13.5. The topological polar surface area (TPSA) is 195 Å². The van der Waals surface area contributed by atoms with Crippen LogP contribution in [0.1, 0.15) is 31.1 Å². The van der Waals surface area contributed by atoms with E-state index < -0.39 is 10.2 Å². The van der Waals surface area contributed by atoms with Crippen LogP contribution in [0.15, 0.2) is 243 Å². The van der Waals surface area contributed by atoms with Crippen LogP contribution in [0.2, 0.25) is 0 Å². The quantitative estimate of drug-likeness (QED) is 0.0459. The van der Waals surface area contributed by atoms with Gasteiger partial charge in [-0.1, -0.05) is 176 Å². The number of nitrogens with one attached hydrogen (secondary N) is 1. The van der Waals surface area contributed by atoms with Crippen LogP contribution in [-0.2, 0) is 0 Å². The van der Waals surface area contributed by atoms with E-state index in [0.717, 1.165) is 78.2 Å². The fraction of sp³-hybridized carbons (Fsp3) is 0.0441. The van der Waals surface area contributed by atoms with E-state index in [1.165, 1.54) is 30.0 Å². The summed E-state index contributed by atoms with van der Waals surface area (Å²) in [6, 6.07) is 76.2. The summed E-state index contributed by atoms with van der Waals surface area (Å²) in [5.41, 5.74) is 12.7. The monoisotopic (exact) mass is 1120 g/mol. The molecule has 13 rings (SSSR count). The molecule has 11 aromatic carbocycles. The van der Waals surface area contributed by atoms with Gasteiger partial charge in [0.05, 0.1) is 54.4 Å². The van der Waals surface area contributed by atoms with Crippen LogP contribution in [0, 0.1) is 10.1 Å². The van der Waals surface area contributed by atoms with Crippen LogP contribution >= 0.6 is 11.6 Å². The van der Waals surface area contributed by atoms with Crippen LogP contribution in [0.4, 0.5) is 11.4 Å². The molecule has 83 heavy (non-hydrogen) atoms. The van der Waals surface area contributed by atoms with Crippen molar-refractivity contribution in [2.24, 2.45) is 0 Å². The SMILES string of the molecule is COc1ccc(N)c([N+](=O)[O-])c1.COc1ccc2c(c1)nc(-c1cccc3ccccc13)n2C(=O)c1ccccc1.COc1ccc2nc(-c3cccc4ccccc34)[nH]c2c1.O=C(Cl)c1ccccc1.O=Cc1cccc2ccccc12. The molecule has 0 saturated carbocycles. The Labute approximate surface area is 482 Å². The number of benzene rings is 11. The predicted molar refractivity (Wildman–Crippen MR) is 331 cm³/mol. The molecule has 0 fully saturated rings. The Morgan fingerprint density at radius 2 is 1.04 bits per heavy atom. The van der Waals surface area contributed by atoms with E-state index in [2.05, 4.69) is 65.6 Å². The molecule has 0 unspecified atom stereocenters. The minimum absolute atomic E-state index is 0.110. The average molecular weight is 1120 g/mol. The minimum atomic E-state index is -0.544. The summed E-state index contributed by atoms with van der Waals surface area (Å²) < 4.78 is 17.1. The number of fused-ring (bicyclic) bond motifs is 5. The van der Waals surface area contributed by atoms with E-state index in [-0.39, 0.29) is 17.3 Å². The molecular formula is C68H53ClN6O8. The number of rotatable bonds is 9. The lowest BCUT2D eigenvalue weighted by molar-refractivity contribution is -0.384. The molecule has 0 aliphatic rings. The van der Waals surface area contributed by atoms with Gasteiger partial charge in [-0.05, 0) is 92.4 Å². The van der Waals surface area contributed by atoms with Gasteiger partial charge >= 0.3 is 0 Å². The zero-order valence-corrected chi connectivity index (χ0v) is 45.9. The van der Waals surface area contributed by atoms with Crippen molar-refractivity contribution in [2.45, 2.75) is 0 Å². The number of nitrogen functional groups attached to an aromatic ring is 1. The van der Waals surface area contributed by atoms with Crippen molar-refractivity contribution in [1.82, 2.24) is 19.5 Å². The highest BCUT2D eigenvalue weighted by atomic mass is 35.5. The molecule has 3 N–H and O–H groups in total. The molecule has 0 amide bonds. The van der Waals surface area contributed by atoms with Crippen LogP contribution in [0.5, 0.6) is 17.2 Å². The number of ether oxygens (including phenoxy) is 3. The van der Waals surface area contributed by atoms with Crippen molar-refractivity contribution in [3.8, 4) is 40.0 Å². The lowest BCUT2D eigenvalue weighted by Crippen LogP contribution is -2.13. The number of carbonyl (C=O) groups is 3. The Hall–Kier alpha value is -11.0. The second-order valence-electron chi connectivity index (χ2n) is 18.3. The van der Waals surface area contributed by atoms with E-state index in [0.29, 0.717) is 28.5 Å². The van der Waals surface area contributed by atoms with Crippen molar-refractivity contribution in [3.63, 3.8) is 0 Å². The number of methoxy groups -OCH3 is 3. The van der Waals surface area contributed by atoms with E-state index >= 15 is 0 Å². The Balaban J connectivity index is 0.000000134. The zero-order chi connectivity index (χ0) is 58.2. The number of nitro groups is 1. The van der Waals surface area contributed by atoms with Gasteiger partial charge in [0.25, 0.3) is 16.8 Å². The summed E-state index contributed by atoms with van der Waals surface area (Å²) in [6.45, 7) is 0. The largest absolute Gasteiger partial charge is 0.497 e. The van der Waals surface area contributed by atoms with Crippen LogP contribution in [0.25, 0.3) is 77.2 Å².